The molecule has 0 bridgehead atoms. The van der Waals surface area contributed by atoms with E-state index in [0.717, 1.165) is 31.4 Å². The Morgan fingerprint density at radius 1 is 1.19 bits per heavy atom. The lowest BCUT2D eigenvalue weighted by atomic mass is 9.89. The van der Waals surface area contributed by atoms with E-state index >= 15 is 0 Å². The van der Waals surface area contributed by atoms with E-state index in [1.165, 1.54) is 6.42 Å². The number of hydrogen-bond donors (Lipinski definition) is 1. The smallest absolute Gasteiger partial charge is 0.223 e. The van der Waals surface area contributed by atoms with Crippen LogP contribution < -0.4 is 5.32 Å². The van der Waals surface area contributed by atoms with Crippen LogP contribution >= 0.6 is 0 Å². The summed E-state index contributed by atoms with van der Waals surface area (Å²) in [7, 11) is 0. The lowest BCUT2D eigenvalue weighted by Gasteiger charge is -2.20. The van der Waals surface area contributed by atoms with Gasteiger partial charge >= 0.3 is 0 Å². The van der Waals surface area contributed by atoms with Gasteiger partial charge < -0.3 is 5.32 Å². The van der Waals surface area contributed by atoms with Crippen LogP contribution in [0.1, 0.15) is 37.9 Å². The molecule has 0 atom stereocenters. The number of nitrogens with one attached hydrogen (secondary N) is 1. The highest BCUT2D eigenvalue weighted by atomic mass is 16.1. The van der Waals surface area contributed by atoms with Crippen molar-refractivity contribution in [3.05, 3.63) is 36.2 Å². The van der Waals surface area contributed by atoms with Gasteiger partial charge in [0.25, 0.3) is 0 Å². The van der Waals surface area contributed by atoms with Crippen LogP contribution in [0.5, 0.6) is 0 Å². The Labute approximate surface area is 123 Å². The summed E-state index contributed by atoms with van der Waals surface area (Å²) < 4.78 is 1.65. The fourth-order valence-electron chi connectivity index (χ4n) is 2.76. The Kier molecular flexibility index (Phi) is 4.23. The maximum atomic E-state index is 12.2. The summed E-state index contributed by atoms with van der Waals surface area (Å²) in [6.07, 6.45) is 5.54. The molecule has 110 valence electrons. The van der Waals surface area contributed by atoms with Crippen LogP contribution in [0.25, 0.3) is 5.69 Å². The lowest BCUT2D eigenvalue weighted by molar-refractivity contribution is -0.126. The molecule has 0 aliphatic heterocycles. The zero-order valence-corrected chi connectivity index (χ0v) is 11.9. The molecule has 1 aliphatic carbocycles. The summed E-state index contributed by atoms with van der Waals surface area (Å²) in [5.74, 6) is 0.919. The van der Waals surface area contributed by atoms with Gasteiger partial charge in [-0.25, -0.2) is 0 Å². The third-order valence-corrected chi connectivity index (χ3v) is 3.93. The zero-order chi connectivity index (χ0) is 14.5. The van der Waals surface area contributed by atoms with Gasteiger partial charge in [-0.1, -0.05) is 37.5 Å². The predicted molar refractivity (Wildman–Crippen MR) is 77.6 cm³/mol. The number of para-hydroxylation sites is 1. The lowest BCUT2D eigenvalue weighted by Crippen LogP contribution is -2.32. The van der Waals surface area contributed by atoms with Gasteiger partial charge in [-0.3, -0.25) is 4.79 Å². The van der Waals surface area contributed by atoms with Gasteiger partial charge in [-0.2, -0.15) is 4.68 Å². The largest absolute Gasteiger partial charge is 0.348 e. The second-order valence-corrected chi connectivity index (χ2v) is 5.40. The topological polar surface area (TPSA) is 72.7 Å². The molecular weight excluding hydrogens is 266 g/mol. The number of benzene rings is 1. The number of amides is 1. The Morgan fingerprint density at radius 2 is 1.95 bits per heavy atom. The van der Waals surface area contributed by atoms with E-state index in [4.69, 9.17) is 0 Å². The van der Waals surface area contributed by atoms with Crippen molar-refractivity contribution in [1.29, 1.82) is 0 Å². The van der Waals surface area contributed by atoms with E-state index in [1.807, 2.05) is 30.3 Å². The minimum Gasteiger partial charge on any atom is -0.348 e. The number of nitrogens with zero attached hydrogens (tertiary/aromatic N) is 4. The van der Waals surface area contributed by atoms with Gasteiger partial charge in [-0.05, 0) is 35.4 Å². The molecule has 1 saturated carbocycles. The van der Waals surface area contributed by atoms with Crippen LogP contribution in [0.4, 0.5) is 0 Å². The molecule has 1 fully saturated rings. The number of carbonyl (C=O) groups excluding carboxylic acids is 1. The summed E-state index contributed by atoms with van der Waals surface area (Å²) in [6, 6.07) is 9.67. The second kappa shape index (κ2) is 6.47. The Balaban J connectivity index is 1.63. The first-order valence-electron chi connectivity index (χ1n) is 7.45. The van der Waals surface area contributed by atoms with Gasteiger partial charge in [0.05, 0.1) is 12.2 Å². The molecule has 0 spiro atoms. The van der Waals surface area contributed by atoms with E-state index < -0.39 is 0 Å². The zero-order valence-electron chi connectivity index (χ0n) is 11.9. The maximum Gasteiger partial charge on any atom is 0.223 e. The molecule has 0 unspecified atom stereocenters. The third kappa shape index (κ3) is 3.26. The van der Waals surface area contributed by atoms with Gasteiger partial charge in [0, 0.05) is 5.92 Å². The average Bonchev–Trinajstić information content (AvgIpc) is 3.03. The van der Waals surface area contributed by atoms with Crippen molar-refractivity contribution in [2.24, 2.45) is 5.92 Å². The number of tetrazole rings is 1. The number of carbonyl (C=O) groups is 1. The number of aromatic nitrogens is 4. The van der Waals surface area contributed by atoms with E-state index in [-0.39, 0.29) is 11.8 Å². The summed E-state index contributed by atoms with van der Waals surface area (Å²) in [6.45, 7) is 0.358. The Morgan fingerprint density at radius 3 is 2.71 bits per heavy atom. The van der Waals surface area contributed by atoms with Crippen LogP contribution in [0.3, 0.4) is 0 Å². The van der Waals surface area contributed by atoms with Gasteiger partial charge in [0.2, 0.25) is 5.91 Å². The summed E-state index contributed by atoms with van der Waals surface area (Å²) in [4.78, 5) is 12.2. The molecule has 1 N–H and O–H groups in total. The third-order valence-electron chi connectivity index (χ3n) is 3.93. The molecule has 1 heterocycles. The number of hydrogen-bond acceptors (Lipinski definition) is 4. The normalized spacial score (nSPS) is 15.8. The van der Waals surface area contributed by atoms with E-state index in [9.17, 15) is 4.79 Å². The highest BCUT2D eigenvalue weighted by Crippen LogP contribution is 2.23. The fourth-order valence-corrected chi connectivity index (χ4v) is 2.76. The van der Waals surface area contributed by atoms with Crippen LogP contribution in [-0.2, 0) is 11.3 Å². The number of rotatable bonds is 4. The highest BCUT2D eigenvalue weighted by molar-refractivity contribution is 5.78. The second-order valence-electron chi connectivity index (χ2n) is 5.40. The standard InChI is InChI=1S/C15H19N5O/c21-15(12-7-3-1-4-8-12)16-11-14-17-18-19-20(14)13-9-5-2-6-10-13/h2,5-6,9-10,12H,1,3-4,7-8,11H2,(H,16,21). The molecule has 1 amide bonds. The minimum absolute atomic E-state index is 0.123. The molecule has 1 aromatic carbocycles. The van der Waals surface area contributed by atoms with Crippen molar-refractivity contribution >= 4 is 5.91 Å². The fraction of sp³-hybridized carbons (Fsp3) is 0.467. The SMILES string of the molecule is O=C(NCc1nnnn1-c1ccccc1)C1CCCCC1. The van der Waals surface area contributed by atoms with Crippen molar-refractivity contribution in [3.8, 4) is 5.69 Å². The van der Waals surface area contributed by atoms with Crippen LogP contribution in [0.15, 0.2) is 30.3 Å². The van der Waals surface area contributed by atoms with Gasteiger partial charge in [0.1, 0.15) is 0 Å². The van der Waals surface area contributed by atoms with Crippen LogP contribution in [-0.4, -0.2) is 26.1 Å². The molecule has 2 aromatic rings. The molecule has 0 saturated heterocycles. The first-order chi connectivity index (χ1) is 10.3. The molecule has 3 rings (SSSR count). The molecule has 1 aliphatic rings. The first-order valence-corrected chi connectivity index (χ1v) is 7.45. The summed E-state index contributed by atoms with van der Waals surface area (Å²) in [5.41, 5.74) is 0.893. The van der Waals surface area contributed by atoms with Gasteiger partial charge in [0.15, 0.2) is 5.82 Å². The highest BCUT2D eigenvalue weighted by Gasteiger charge is 2.21. The molecule has 6 nitrogen and oxygen atoms in total. The predicted octanol–water partition coefficient (Wildman–Crippen LogP) is 1.86. The summed E-state index contributed by atoms with van der Waals surface area (Å²) >= 11 is 0. The molecule has 0 radical (unpaired) electrons. The summed E-state index contributed by atoms with van der Waals surface area (Å²) in [5, 5.41) is 14.6. The molecular formula is C15H19N5O. The first kappa shape index (κ1) is 13.7. The van der Waals surface area contributed by atoms with Crippen molar-refractivity contribution < 1.29 is 4.79 Å². The van der Waals surface area contributed by atoms with E-state index in [1.54, 1.807) is 4.68 Å². The molecule has 6 heteroatoms. The van der Waals surface area contributed by atoms with Gasteiger partial charge in [-0.15, -0.1) is 5.10 Å². The van der Waals surface area contributed by atoms with Crippen molar-refractivity contribution in [2.75, 3.05) is 0 Å². The Bertz CT molecular complexity index is 589. The van der Waals surface area contributed by atoms with E-state index in [2.05, 4.69) is 20.8 Å². The monoisotopic (exact) mass is 285 g/mol. The van der Waals surface area contributed by atoms with Crippen molar-refractivity contribution in [1.82, 2.24) is 25.5 Å². The molecule has 1 aromatic heterocycles. The van der Waals surface area contributed by atoms with E-state index in [0.29, 0.717) is 12.4 Å². The van der Waals surface area contributed by atoms with Crippen molar-refractivity contribution in [2.45, 2.75) is 38.6 Å². The minimum atomic E-state index is 0.123. The maximum absolute atomic E-state index is 12.2. The quantitative estimate of drug-likeness (QED) is 0.930. The Hall–Kier alpha value is -2.24. The molecule has 21 heavy (non-hydrogen) atoms. The average molecular weight is 285 g/mol. The van der Waals surface area contributed by atoms with Crippen LogP contribution in [0.2, 0.25) is 0 Å². The van der Waals surface area contributed by atoms with Crippen LogP contribution in [0, 0.1) is 5.92 Å². The van der Waals surface area contributed by atoms with Crippen molar-refractivity contribution in [3.63, 3.8) is 0 Å².